The second-order valence-electron chi connectivity index (χ2n) is 8.10. The Morgan fingerprint density at radius 3 is 2.48 bits per heavy atom. The molecule has 31 heavy (non-hydrogen) atoms. The molecule has 2 saturated heterocycles. The summed E-state index contributed by atoms with van der Waals surface area (Å²) in [5, 5.41) is 5.50. The second-order valence-corrected chi connectivity index (χ2v) is 9.02. The van der Waals surface area contributed by atoms with Gasteiger partial charge in [0, 0.05) is 28.9 Å². The van der Waals surface area contributed by atoms with Gasteiger partial charge in [0.1, 0.15) is 12.1 Å². The molecule has 0 spiro atoms. The molecule has 1 atom stereocenters. The number of amides is 4. The minimum Gasteiger partial charge on any atom is -0.372 e. The Morgan fingerprint density at radius 2 is 1.81 bits per heavy atom. The molecule has 4 rings (SSSR count). The van der Waals surface area contributed by atoms with Crippen LogP contribution in [-0.4, -0.2) is 42.4 Å². The van der Waals surface area contributed by atoms with E-state index in [-0.39, 0.29) is 6.54 Å². The number of anilines is 2. The molecule has 0 radical (unpaired) electrons. The maximum atomic E-state index is 13.0. The minimum atomic E-state index is -1.21. The van der Waals surface area contributed by atoms with Crippen LogP contribution in [0.1, 0.15) is 31.7 Å². The maximum Gasteiger partial charge on any atom is 0.325 e. The number of carbonyl (C=O) groups excluding carboxylic acids is 3. The molecular weight excluding hydrogens is 460 g/mol. The average molecular weight is 485 g/mol. The summed E-state index contributed by atoms with van der Waals surface area (Å²) in [5.41, 5.74) is 1.21. The van der Waals surface area contributed by atoms with E-state index in [1.165, 1.54) is 19.3 Å². The topological polar surface area (TPSA) is 81.8 Å². The van der Waals surface area contributed by atoms with E-state index in [1.54, 1.807) is 25.1 Å². The van der Waals surface area contributed by atoms with Crippen LogP contribution in [0.3, 0.4) is 0 Å². The molecule has 0 bridgehead atoms. The van der Waals surface area contributed by atoms with Gasteiger partial charge >= 0.3 is 6.03 Å². The zero-order chi connectivity index (χ0) is 22.0. The predicted octanol–water partition coefficient (Wildman–Crippen LogP) is 3.85. The third kappa shape index (κ3) is 4.44. The Balaban J connectivity index is 1.40. The number of nitrogens with one attached hydrogen (secondary N) is 2. The van der Waals surface area contributed by atoms with Crippen molar-refractivity contribution in [1.29, 1.82) is 0 Å². The van der Waals surface area contributed by atoms with Crippen LogP contribution in [0.15, 0.2) is 53.0 Å². The number of rotatable bonds is 5. The van der Waals surface area contributed by atoms with Crippen LogP contribution in [0.4, 0.5) is 16.2 Å². The molecular formula is C23H25BrN4O3. The van der Waals surface area contributed by atoms with Gasteiger partial charge in [0.25, 0.3) is 5.91 Å². The van der Waals surface area contributed by atoms with Crippen LogP contribution in [0, 0.1) is 0 Å². The molecule has 2 aromatic carbocycles. The molecule has 2 aliphatic rings. The Bertz CT molecular complexity index is 1000. The standard InChI is InChI=1S/C23H25BrN4O3/c1-23(16-6-5-7-17(24)14-16)21(30)28(22(31)26-23)15-20(29)25-18-8-10-19(11-9-18)27-12-3-2-4-13-27/h5-11,14H,2-4,12-13,15H2,1H3,(H,25,29)(H,26,31)/t23-/m1/s1. The third-order valence-corrected chi connectivity index (χ3v) is 6.34. The van der Waals surface area contributed by atoms with E-state index in [0.717, 1.165) is 28.1 Å². The SMILES string of the molecule is C[C@]1(c2cccc(Br)c2)NC(=O)N(CC(=O)Nc2ccc(N3CCCCC3)cc2)C1=O. The first-order valence-corrected chi connectivity index (χ1v) is 11.2. The smallest absolute Gasteiger partial charge is 0.325 e. The number of nitrogens with zero attached hydrogens (tertiary/aromatic N) is 2. The number of carbonyl (C=O) groups is 3. The summed E-state index contributed by atoms with van der Waals surface area (Å²) in [7, 11) is 0. The summed E-state index contributed by atoms with van der Waals surface area (Å²) in [6, 6.07) is 14.3. The zero-order valence-electron chi connectivity index (χ0n) is 17.4. The third-order valence-electron chi connectivity index (χ3n) is 5.85. The first-order valence-electron chi connectivity index (χ1n) is 10.4. The van der Waals surface area contributed by atoms with Crippen molar-refractivity contribution in [2.45, 2.75) is 31.7 Å². The van der Waals surface area contributed by atoms with Crippen LogP contribution in [0.25, 0.3) is 0 Å². The Labute approximate surface area is 189 Å². The van der Waals surface area contributed by atoms with Gasteiger partial charge in [0.2, 0.25) is 5.91 Å². The molecule has 0 saturated carbocycles. The highest BCUT2D eigenvalue weighted by atomic mass is 79.9. The molecule has 2 aliphatic heterocycles. The van der Waals surface area contributed by atoms with Gasteiger partial charge < -0.3 is 15.5 Å². The largest absolute Gasteiger partial charge is 0.372 e. The van der Waals surface area contributed by atoms with Crippen LogP contribution >= 0.6 is 15.9 Å². The van der Waals surface area contributed by atoms with Gasteiger partial charge in [-0.2, -0.15) is 0 Å². The van der Waals surface area contributed by atoms with Gasteiger partial charge in [-0.1, -0.05) is 28.1 Å². The fourth-order valence-electron chi connectivity index (χ4n) is 4.09. The van der Waals surface area contributed by atoms with E-state index in [1.807, 2.05) is 30.3 Å². The molecule has 2 N–H and O–H groups in total. The first-order chi connectivity index (χ1) is 14.9. The summed E-state index contributed by atoms with van der Waals surface area (Å²) in [5.74, 6) is -0.876. The maximum absolute atomic E-state index is 13.0. The van der Waals surface area contributed by atoms with Gasteiger partial charge in [-0.15, -0.1) is 0 Å². The van der Waals surface area contributed by atoms with E-state index in [9.17, 15) is 14.4 Å². The monoisotopic (exact) mass is 484 g/mol. The number of hydrogen-bond donors (Lipinski definition) is 2. The molecule has 7 nitrogen and oxygen atoms in total. The quantitative estimate of drug-likeness (QED) is 0.631. The molecule has 0 unspecified atom stereocenters. The Kier molecular flexibility index (Phi) is 6.00. The first kappa shape index (κ1) is 21.4. The number of hydrogen-bond acceptors (Lipinski definition) is 4. The van der Waals surface area contributed by atoms with Crippen molar-refractivity contribution >= 4 is 45.2 Å². The van der Waals surface area contributed by atoms with Crippen molar-refractivity contribution in [2.24, 2.45) is 0 Å². The number of piperidine rings is 1. The molecule has 2 aromatic rings. The summed E-state index contributed by atoms with van der Waals surface area (Å²) in [6.45, 7) is 3.40. The highest BCUT2D eigenvalue weighted by Crippen LogP contribution is 2.30. The van der Waals surface area contributed by atoms with Gasteiger partial charge in [-0.25, -0.2) is 4.79 Å². The molecule has 8 heteroatoms. The lowest BCUT2D eigenvalue weighted by Gasteiger charge is -2.28. The summed E-state index contributed by atoms with van der Waals surface area (Å²) < 4.78 is 0.803. The van der Waals surface area contributed by atoms with E-state index in [0.29, 0.717) is 11.3 Å². The average Bonchev–Trinajstić information content (AvgIpc) is 2.99. The van der Waals surface area contributed by atoms with Crippen LogP contribution < -0.4 is 15.5 Å². The van der Waals surface area contributed by atoms with Crippen molar-refractivity contribution in [3.8, 4) is 0 Å². The van der Waals surface area contributed by atoms with Crippen molar-refractivity contribution in [1.82, 2.24) is 10.2 Å². The van der Waals surface area contributed by atoms with Gasteiger partial charge in [0.05, 0.1) is 0 Å². The van der Waals surface area contributed by atoms with Gasteiger partial charge in [-0.3, -0.25) is 14.5 Å². The normalized spacial score (nSPS) is 21.2. The van der Waals surface area contributed by atoms with Gasteiger partial charge in [-0.05, 0) is 68.1 Å². The van der Waals surface area contributed by atoms with Crippen molar-refractivity contribution in [3.05, 3.63) is 58.6 Å². The molecule has 0 aromatic heterocycles. The van der Waals surface area contributed by atoms with E-state index in [2.05, 4.69) is 31.5 Å². The fraction of sp³-hybridized carbons (Fsp3) is 0.348. The predicted molar refractivity (Wildman–Crippen MR) is 123 cm³/mol. The fourth-order valence-corrected chi connectivity index (χ4v) is 4.49. The molecule has 2 heterocycles. The lowest BCUT2D eigenvalue weighted by Crippen LogP contribution is -2.42. The highest BCUT2D eigenvalue weighted by Gasteiger charge is 2.49. The van der Waals surface area contributed by atoms with Crippen LogP contribution in [0.2, 0.25) is 0 Å². The number of benzene rings is 2. The lowest BCUT2D eigenvalue weighted by atomic mass is 9.92. The number of halogens is 1. The van der Waals surface area contributed by atoms with Crippen molar-refractivity contribution in [3.63, 3.8) is 0 Å². The Hall–Kier alpha value is -2.87. The zero-order valence-corrected chi connectivity index (χ0v) is 18.9. The summed E-state index contributed by atoms with van der Waals surface area (Å²) >= 11 is 3.39. The van der Waals surface area contributed by atoms with Crippen molar-refractivity contribution in [2.75, 3.05) is 29.9 Å². The summed E-state index contributed by atoms with van der Waals surface area (Å²) in [4.78, 5) is 41.3. The van der Waals surface area contributed by atoms with E-state index < -0.39 is 23.4 Å². The molecule has 2 fully saturated rings. The summed E-state index contributed by atoms with van der Waals surface area (Å²) in [6.07, 6.45) is 3.67. The van der Waals surface area contributed by atoms with E-state index >= 15 is 0 Å². The van der Waals surface area contributed by atoms with Crippen LogP contribution in [-0.2, 0) is 15.1 Å². The van der Waals surface area contributed by atoms with E-state index in [4.69, 9.17) is 0 Å². The number of imide groups is 1. The highest BCUT2D eigenvalue weighted by molar-refractivity contribution is 9.10. The van der Waals surface area contributed by atoms with Gasteiger partial charge in [0.15, 0.2) is 0 Å². The van der Waals surface area contributed by atoms with Crippen molar-refractivity contribution < 1.29 is 14.4 Å². The molecule has 0 aliphatic carbocycles. The Morgan fingerprint density at radius 1 is 1.10 bits per heavy atom. The minimum absolute atomic E-state index is 0.345. The number of urea groups is 1. The second kappa shape index (κ2) is 8.70. The lowest BCUT2D eigenvalue weighted by molar-refractivity contribution is -0.133. The molecule has 162 valence electrons. The molecule has 4 amide bonds. The van der Waals surface area contributed by atoms with Crippen LogP contribution in [0.5, 0.6) is 0 Å².